The van der Waals surface area contributed by atoms with Crippen molar-refractivity contribution in [3.05, 3.63) is 35.4 Å². The first kappa shape index (κ1) is 14.6. The predicted octanol–water partition coefficient (Wildman–Crippen LogP) is 3.25. The van der Waals surface area contributed by atoms with E-state index < -0.39 is 0 Å². The molecule has 1 aromatic carbocycles. The van der Waals surface area contributed by atoms with E-state index in [-0.39, 0.29) is 28.9 Å². The average Bonchev–Trinajstić information content (AvgIpc) is 2.63. The zero-order valence-corrected chi connectivity index (χ0v) is 13.9. The van der Waals surface area contributed by atoms with Crippen LogP contribution in [0.15, 0.2) is 24.3 Å². The van der Waals surface area contributed by atoms with Gasteiger partial charge in [-0.2, -0.15) is 0 Å². The Balaban J connectivity index is 1.99. The molecule has 2 atom stereocenters. The van der Waals surface area contributed by atoms with Gasteiger partial charge in [0.1, 0.15) is 6.17 Å². The Labute approximate surface area is 127 Å². The van der Waals surface area contributed by atoms with E-state index >= 15 is 0 Å². The molecule has 1 aliphatic carbocycles. The van der Waals surface area contributed by atoms with Crippen LogP contribution in [0.5, 0.6) is 0 Å². The smallest absolute Gasteiger partial charge is 0.241 e. The minimum atomic E-state index is -0.109. The minimum absolute atomic E-state index is 0.00144. The molecule has 0 aromatic heterocycles. The van der Waals surface area contributed by atoms with Crippen molar-refractivity contribution in [2.75, 3.05) is 0 Å². The van der Waals surface area contributed by atoms with E-state index in [0.717, 1.165) is 0 Å². The van der Waals surface area contributed by atoms with Crippen LogP contribution >= 0.6 is 0 Å². The van der Waals surface area contributed by atoms with E-state index in [1.807, 2.05) is 6.92 Å². The summed E-state index contributed by atoms with van der Waals surface area (Å²) in [6, 6.07) is 8.65. The number of rotatable bonds is 2. The first-order valence-electron chi connectivity index (χ1n) is 7.82. The van der Waals surface area contributed by atoms with Crippen molar-refractivity contribution in [2.45, 2.75) is 59.8 Å². The molecule has 2 fully saturated rings. The zero-order chi connectivity index (χ0) is 15.6. The van der Waals surface area contributed by atoms with Crippen LogP contribution in [0, 0.1) is 17.8 Å². The van der Waals surface area contributed by atoms with Gasteiger partial charge in [-0.15, -0.1) is 0 Å². The van der Waals surface area contributed by atoms with Crippen LogP contribution in [0.4, 0.5) is 0 Å². The van der Waals surface area contributed by atoms with Gasteiger partial charge in [0, 0.05) is 6.04 Å². The van der Waals surface area contributed by atoms with Gasteiger partial charge < -0.3 is 4.90 Å². The highest BCUT2D eigenvalue weighted by Crippen LogP contribution is 2.66. The van der Waals surface area contributed by atoms with E-state index in [0.29, 0.717) is 6.04 Å². The molecule has 1 aliphatic heterocycles. The summed E-state index contributed by atoms with van der Waals surface area (Å²) in [5, 5.41) is 3.47. The first-order chi connectivity index (χ1) is 9.68. The molecule has 0 bridgehead atoms. The first-order valence-corrected chi connectivity index (χ1v) is 7.82. The summed E-state index contributed by atoms with van der Waals surface area (Å²) >= 11 is 0. The molecule has 3 nitrogen and oxygen atoms in total. The molecule has 1 heterocycles. The van der Waals surface area contributed by atoms with Crippen LogP contribution in [-0.2, 0) is 4.79 Å². The number of carbonyl (C=O) groups excluding carboxylic acids is 1. The zero-order valence-electron chi connectivity index (χ0n) is 13.9. The average molecular weight is 286 g/mol. The number of amides is 1. The monoisotopic (exact) mass is 286 g/mol. The molecule has 1 amide bonds. The summed E-state index contributed by atoms with van der Waals surface area (Å²) in [6.45, 7) is 13.1. The van der Waals surface area contributed by atoms with E-state index in [9.17, 15) is 4.79 Å². The maximum atomic E-state index is 12.7. The van der Waals surface area contributed by atoms with Crippen molar-refractivity contribution in [1.82, 2.24) is 10.2 Å². The van der Waals surface area contributed by atoms with Crippen LogP contribution < -0.4 is 5.32 Å². The fraction of sp³-hybridized carbons (Fsp3) is 0.611. The molecule has 114 valence electrons. The Morgan fingerprint density at radius 3 is 2.29 bits per heavy atom. The summed E-state index contributed by atoms with van der Waals surface area (Å²) in [7, 11) is 0. The van der Waals surface area contributed by atoms with Crippen molar-refractivity contribution in [1.29, 1.82) is 0 Å². The Kier molecular flexibility index (Phi) is 3.00. The molecule has 3 heteroatoms. The van der Waals surface area contributed by atoms with E-state index in [2.05, 4.69) is 69.1 Å². The van der Waals surface area contributed by atoms with E-state index in [4.69, 9.17) is 0 Å². The van der Waals surface area contributed by atoms with Gasteiger partial charge in [-0.25, -0.2) is 0 Å². The summed E-state index contributed by atoms with van der Waals surface area (Å²) in [5.74, 6) is 0.227. The molecule has 1 aromatic rings. The molecule has 1 saturated heterocycles. The fourth-order valence-electron chi connectivity index (χ4n) is 3.97. The van der Waals surface area contributed by atoms with Gasteiger partial charge in [-0.3, -0.25) is 10.1 Å². The number of benzene rings is 1. The van der Waals surface area contributed by atoms with Crippen molar-refractivity contribution < 1.29 is 4.79 Å². The number of hydrogen-bond acceptors (Lipinski definition) is 2. The third kappa shape index (κ3) is 1.94. The molecular formula is C18H26N2O. The lowest BCUT2D eigenvalue weighted by atomic mass is 10.0. The van der Waals surface area contributed by atoms with Gasteiger partial charge >= 0.3 is 0 Å². The molecule has 3 rings (SSSR count). The Morgan fingerprint density at radius 1 is 1.14 bits per heavy atom. The van der Waals surface area contributed by atoms with Crippen molar-refractivity contribution >= 4 is 5.91 Å². The summed E-state index contributed by atoms with van der Waals surface area (Å²) in [4.78, 5) is 14.8. The second-order valence-electron chi connectivity index (χ2n) is 7.80. The lowest BCUT2D eigenvalue weighted by Gasteiger charge is -2.27. The molecule has 21 heavy (non-hydrogen) atoms. The quantitative estimate of drug-likeness (QED) is 0.905. The minimum Gasteiger partial charge on any atom is -0.317 e. The number of hydrogen-bond donors (Lipinski definition) is 1. The second kappa shape index (κ2) is 4.33. The molecule has 1 saturated carbocycles. The van der Waals surface area contributed by atoms with Gasteiger partial charge in [0.2, 0.25) is 5.91 Å². The van der Waals surface area contributed by atoms with Gasteiger partial charge in [-0.05, 0) is 30.2 Å². The lowest BCUT2D eigenvalue weighted by molar-refractivity contribution is -0.131. The molecule has 2 unspecified atom stereocenters. The Hall–Kier alpha value is -1.35. The SMILES string of the molecule is Cc1cccc(C2NC(C)C(=O)N2C2C(C)(C)C2(C)C)c1. The Bertz CT molecular complexity index is 577. The van der Waals surface area contributed by atoms with E-state index in [1.54, 1.807) is 0 Å². The molecule has 0 spiro atoms. The normalized spacial score (nSPS) is 30.8. The number of carbonyl (C=O) groups is 1. The van der Waals surface area contributed by atoms with Gasteiger partial charge in [0.15, 0.2) is 0 Å². The van der Waals surface area contributed by atoms with Crippen LogP contribution in [-0.4, -0.2) is 22.9 Å². The molecule has 1 N–H and O–H groups in total. The third-order valence-electron chi connectivity index (χ3n) is 5.89. The highest BCUT2D eigenvalue weighted by Gasteiger charge is 2.70. The largest absolute Gasteiger partial charge is 0.317 e. The van der Waals surface area contributed by atoms with Crippen molar-refractivity contribution in [2.24, 2.45) is 10.8 Å². The molecular weight excluding hydrogens is 260 g/mol. The van der Waals surface area contributed by atoms with E-state index in [1.165, 1.54) is 11.1 Å². The van der Waals surface area contributed by atoms with Crippen LogP contribution in [0.25, 0.3) is 0 Å². The summed E-state index contributed by atoms with van der Waals surface area (Å²) < 4.78 is 0. The standard InChI is InChI=1S/C18H26N2O/c1-11-8-7-9-13(10-11)14-19-12(2)15(21)20(14)16-17(3,4)18(16,5)6/h7-10,12,14,16,19H,1-6H3. The van der Waals surface area contributed by atoms with Crippen LogP contribution in [0.3, 0.4) is 0 Å². The summed E-state index contributed by atoms with van der Waals surface area (Å²) in [5.41, 5.74) is 2.74. The topological polar surface area (TPSA) is 32.3 Å². The number of nitrogens with one attached hydrogen (secondary N) is 1. The highest BCUT2D eigenvalue weighted by atomic mass is 16.2. The van der Waals surface area contributed by atoms with Crippen LogP contribution in [0.1, 0.15) is 51.9 Å². The number of aryl methyl sites for hydroxylation is 1. The second-order valence-corrected chi connectivity index (χ2v) is 7.80. The highest BCUT2D eigenvalue weighted by molar-refractivity contribution is 5.85. The molecule has 2 aliphatic rings. The van der Waals surface area contributed by atoms with Crippen molar-refractivity contribution in [3.63, 3.8) is 0 Å². The lowest BCUT2D eigenvalue weighted by Crippen LogP contribution is -2.36. The van der Waals surface area contributed by atoms with Crippen LogP contribution in [0.2, 0.25) is 0 Å². The maximum absolute atomic E-state index is 12.7. The number of nitrogens with zero attached hydrogens (tertiary/aromatic N) is 1. The Morgan fingerprint density at radius 2 is 1.76 bits per heavy atom. The predicted molar refractivity (Wildman–Crippen MR) is 84.7 cm³/mol. The van der Waals surface area contributed by atoms with Gasteiger partial charge in [0.25, 0.3) is 0 Å². The maximum Gasteiger partial charge on any atom is 0.241 e. The molecule has 0 radical (unpaired) electrons. The van der Waals surface area contributed by atoms with Gasteiger partial charge in [0.05, 0.1) is 6.04 Å². The van der Waals surface area contributed by atoms with Gasteiger partial charge in [-0.1, -0.05) is 57.5 Å². The fourth-order valence-corrected chi connectivity index (χ4v) is 3.97. The third-order valence-corrected chi connectivity index (χ3v) is 5.89. The summed E-state index contributed by atoms with van der Waals surface area (Å²) in [6.07, 6.45) is -0.00144. The van der Waals surface area contributed by atoms with Crippen molar-refractivity contribution in [3.8, 4) is 0 Å².